The number of rotatable bonds is 3. The number of hydrogen-bond donors (Lipinski definition) is 1. The number of amides is 1. The zero-order valence-corrected chi connectivity index (χ0v) is 15.6. The van der Waals surface area contributed by atoms with E-state index in [1.54, 1.807) is 12.3 Å². The summed E-state index contributed by atoms with van der Waals surface area (Å²) in [7, 11) is 0. The number of anilines is 1. The van der Waals surface area contributed by atoms with E-state index in [1.807, 2.05) is 17.7 Å². The number of nitriles is 1. The predicted octanol–water partition coefficient (Wildman–Crippen LogP) is 2.19. The minimum absolute atomic E-state index is 0.0191. The Morgan fingerprint density at radius 2 is 2.07 bits per heavy atom. The highest BCUT2D eigenvalue weighted by Gasteiger charge is 2.27. The van der Waals surface area contributed by atoms with E-state index in [2.05, 4.69) is 26.4 Å². The number of carbonyl (C=O) groups excluding carboxylic acids is 1. The van der Waals surface area contributed by atoms with E-state index in [-0.39, 0.29) is 11.9 Å². The van der Waals surface area contributed by atoms with E-state index in [0.29, 0.717) is 5.56 Å². The largest absolute Gasteiger partial charge is 0.356 e. The molecule has 2 aliphatic rings. The number of nitrogens with one attached hydrogen (secondary N) is 1. The van der Waals surface area contributed by atoms with Gasteiger partial charge in [0.15, 0.2) is 0 Å². The van der Waals surface area contributed by atoms with Gasteiger partial charge in [-0.15, -0.1) is 0 Å². The van der Waals surface area contributed by atoms with Crippen LogP contribution >= 0.6 is 0 Å². The van der Waals surface area contributed by atoms with Crippen molar-refractivity contribution in [2.45, 2.75) is 51.6 Å². The van der Waals surface area contributed by atoms with Gasteiger partial charge >= 0.3 is 0 Å². The minimum Gasteiger partial charge on any atom is -0.356 e. The zero-order valence-electron chi connectivity index (χ0n) is 15.6. The third-order valence-corrected chi connectivity index (χ3v) is 5.52. The van der Waals surface area contributed by atoms with Crippen molar-refractivity contribution in [1.29, 1.82) is 5.26 Å². The van der Waals surface area contributed by atoms with Gasteiger partial charge in [0.25, 0.3) is 5.91 Å². The monoisotopic (exact) mass is 364 g/mol. The lowest BCUT2D eigenvalue weighted by atomic mass is 10.0. The van der Waals surface area contributed by atoms with Crippen LogP contribution in [-0.2, 0) is 13.0 Å². The van der Waals surface area contributed by atoms with Crippen molar-refractivity contribution < 1.29 is 4.79 Å². The Balaban J connectivity index is 1.37. The summed E-state index contributed by atoms with van der Waals surface area (Å²) in [5.41, 5.74) is 3.28. The number of pyridine rings is 1. The lowest BCUT2D eigenvalue weighted by Gasteiger charge is -2.33. The first kappa shape index (κ1) is 17.5. The van der Waals surface area contributed by atoms with Crippen molar-refractivity contribution in [3.05, 3.63) is 40.8 Å². The minimum atomic E-state index is 0.0191. The number of fused-ring (bicyclic) bond motifs is 1. The molecule has 7 heteroatoms. The smallest absolute Gasteiger partial charge is 0.255 e. The van der Waals surface area contributed by atoms with Crippen LogP contribution in [0.3, 0.4) is 0 Å². The van der Waals surface area contributed by atoms with Gasteiger partial charge in [0.1, 0.15) is 11.9 Å². The van der Waals surface area contributed by atoms with Gasteiger partial charge in [-0.1, -0.05) is 0 Å². The van der Waals surface area contributed by atoms with Crippen LogP contribution < -0.4 is 10.2 Å². The van der Waals surface area contributed by atoms with Crippen LogP contribution in [0.2, 0.25) is 0 Å². The molecule has 0 unspecified atom stereocenters. The van der Waals surface area contributed by atoms with E-state index >= 15 is 0 Å². The maximum Gasteiger partial charge on any atom is 0.255 e. The van der Waals surface area contributed by atoms with Crippen LogP contribution in [0.4, 0.5) is 5.82 Å². The number of nitrogens with zero attached hydrogens (tertiary/aromatic N) is 5. The molecular weight excluding hydrogens is 340 g/mol. The van der Waals surface area contributed by atoms with Crippen LogP contribution in [0.15, 0.2) is 18.3 Å². The van der Waals surface area contributed by atoms with Gasteiger partial charge in [-0.2, -0.15) is 10.4 Å². The van der Waals surface area contributed by atoms with Gasteiger partial charge in [-0.3, -0.25) is 9.48 Å². The molecular formula is C20H24N6O. The van der Waals surface area contributed by atoms with Gasteiger partial charge in [0.2, 0.25) is 0 Å². The molecule has 0 radical (unpaired) electrons. The molecule has 4 rings (SSSR count). The van der Waals surface area contributed by atoms with Crippen LogP contribution in [-0.4, -0.2) is 39.8 Å². The summed E-state index contributed by atoms with van der Waals surface area (Å²) >= 11 is 0. The van der Waals surface area contributed by atoms with Gasteiger partial charge < -0.3 is 10.2 Å². The van der Waals surface area contributed by atoms with Crippen molar-refractivity contribution in [3.8, 4) is 6.07 Å². The third kappa shape index (κ3) is 3.52. The number of carbonyl (C=O) groups is 1. The predicted molar refractivity (Wildman–Crippen MR) is 102 cm³/mol. The number of hydrogen-bond acceptors (Lipinski definition) is 5. The number of aryl methyl sites for hydroxylation is 2. The Kier molecular flexibility index (Phi) is 4.80. The Labute approximate surface area is 159 Å². The standard InChI is InChI=1S/C20H24N6O/c1-14-19(17-4-2-3-9-26(17)24-14)20(27)23-16-7-10-25(11-8-16)18-6-5-15(12-21)13-22-18/h5-6,13,16H,2-4,7-11H2,1H3,(H,23,27). The molecule has 0 aliphatic carbocycles. The van der Waals surface area contributed by atoms with E-state index in [1.165, 1.54) is 0 Å². The molecule has 4 heterocycles. The lowest BCUT2D eigenvalue weighted by Crippen LogP contribution is -2.45. The van der Waals surface area contributed by atoms with Crippen LogP contribution in [0.5, 0.6) is 0 Å². The van der Waals surface area contributed by atoms with Crippen molar-refractivity contribution in [1.82, 2.24) is 20.1 Å². The molecule has 2 aromatic rings. The van der Waals surface area contributed by atoms with Gasteiger partial charge in [0.05, 0.1) is 22.5 Å². The molecule has 0 spiro atoms. The average Bonchev–Trinajstić information content (AvgIpc) is 3.04. The molecule has 2 aliphatic heterocycles. The highest BCUT2D eigenvalue weighted by atomic mass is 16.1. The molecule has 0 bridgehead atoms. The van der Waals surface area contributed by atoms with Gasteiger partial charge in [0, 0.05) is 31.9 Å². The number of piperidine rings is 1. The van der Waals surface area contributed by atoms with Crippen LogP contribution in [0.25, 0.3) is 0 Å². The molecule has 27 heavy (non-hydrogen) atoms. The topological polar surface area (TPSA) is 86.8 Å². The molecule has 1 amide bonds. The lowest BCUT2D eigenvalue weighted by molar-refractivity contribution is 0.0929. The van der Waals surface area contributed by atoms with E-state index in [0.717, 1.165) is 74.5 Å². The SMILES string of the molecule is Cc1nn2c(c1C(=O)NC1CCN(c3ccc(C#N)cn3)CC1)CCCC2. The first-order chi connectivity index (χ1) is 13.2. The Morgan fingerprint density at radius 3 is 2.78 bits per heavy atom. The summed E-state index contributed by atoms with van der Waals surface area (Å²) < 4.78 is 2.01. The van der Waals surface area contributed by atoms with E-state index < -0.39 is 0 Å². The second kappa shape index (κ2) is 7.39. The molecule has 2 aromatic heterocycles. The van der Waals surface area contributed by atoms with Crippen molar-refractivity contribution >= 4 is 11.7 Å². The molecule has 7 nitrogen and oxygen atoms in total. The molecule has 1 fully saturated rings. The Bertz CT molecular complexity index is 871. The highest BCUT2D eigenvalue weighted by Crippen LogP contribution is 2.23. The molecule has 140 valence electrons. The molecule has 1 saturated heterocycles. The maximum atomic E-state index is 12.9. The van der Waals surface area contributed by atoms with Crippen molar-refractivity contribution in [2.24, 2.45) is 0 Å². The summed E-state index contributed by atoms with van der Waals surface area (Å²) in [6.45, 7) is 4.53. The molecule has 0 aromatic carbocycles. The summed E-state index contributed by atoms with van der Waals surface area (Å²) in [6.07, 6.45) is 6.58. The van der Waals surface area contributed by atoms with Gasteiger partial charge in [-0.05, 0) is 51.2 Å². The fraction of sp³-hybridized carbons (Fsp3) is 0.500. The molecule has 0 atom stereocenters. The summed E-state index contributed by atoms with van der Waals surface area (Å²) in [5, 5.41) is 16.6. The van der Waals surface area contributed by atoms with Gasteiger partial charge in [-0.25, -0.2) is 4.98 Å². The first-order valence-corrected chi connectivity index (χ1v) is 9.64. The van der Waals surface area contributed by atoms with Crippen molar-refractivity contribution in [3.63, 3.8) is 0 Å². The normalized spacial score (nSPS) is 17.3. The average molecular weight is 364 g/mol. The summed E-state index contributed by atoms with van der Waals surface area (Å²) in [6, 6.07) is 5.94. The van der Waals surface area contributed by atoms with Crippen molar-refractivity contribution in [2.75, 3.05) is 18.0 Å². The van der Waals surface area contributed by atoms with E-state index in [9.17, 15) is 4.79 Å². The Hall–Kier alpha value is -2.88. The second-order valence-corrected chi connectivity index (χ2v) is 7.34. The quantitative estimate of drug-likeness (QED) is 0.902. The van der Waals surface area contributed by atoms with Crippen LogP contribution in [0.1, 0.15) is 53.0 Å². The molecule has 0 saturated carbocycles. The summed E-state index contributed by atoms with van der Waals surface area (Å²) in [4.78, 5) is 19.4. The fourth-order valence-electron chi connectivity index (χ4n) is 4.07. The molecule has 1 N–H and O–H groups in total. The Morgan fingerprint density at radius 1 is 1.26 bits per heavy atom. The third-order valence-electron chi connectivity index (χ3n) is 5.52. The summed E-state index contributed by atoms with van der Waals surface area (Å²) in [5.74, 6) is 0.908. The zero-order chi connectivity index (χ0) is 18.8. The van der Waals surface area contributed by atoms with Crippen LogP contribution in [0, 0.1) is 18.3 Å². The number of aromatic nitrogens is 3. The van der Waals surface area contributed by atoms with E-state index in [4.69, 9.17) is 5.26 Å². The first-order valence-electron chi connectivity index (χ1n) is 9.64. The maximum absolute atomic E-state index is 12.9. The second-order valence-electron chi connectivity index (χ2n) is 7.34. The fourth-order valence-corrected chi connectivity index (χ4v) is 4.07. The highest BCUT2D eigenvalue weighted by molar-refractivity contribution is 5.96.